The number of hydrogen-bond acceptors (Lipinski definition) is 1. The predicted octanol–water partition coefficient (Wildman–Crippen LogP) is 4.50. The standard InChI is InChI=1S/C16H26O/c1-15-12-10-8-6-4-2-3-5-7-9-11-13-16(17)14-15/h15H,2-7,9,11-14H2,1H3. The second kappa shape index (κ2) is 9.28. The maximum Gasteiger partial charge on any atom is 0.133 e. The number of carbonyl (C=O) groups is 1. The molecule has 0 radical (unpaired) electrons. The van der Waals surface area contributed by atoms with E-state index in [1.807, 2.05) is 0 Å². The smallest absolute Gasteiger partial charge is 0.133 e. The molecule has 1 nitrogen and oxygen atoms in total. The maximum absolute atomic E-state index is 11.7. The summed E-state index contributed by atoms with van der Waals surface area (Å²) in [6.07, 6.45) is 12.3. The molecule has 0 heterocycles. The molecule has 0 fully saturated rings. The molecule has 0 aromatic rings. The third-order valence-corrected chi connectivity index (χ3v) is 3.41. The topological polar surface area (TPSA) is 17.1 Å². The van der Waals surface area contributed by atoms with Crippen molar-refractivity contribution in [3.05, 3.63) is 0 Å². The molecule has 1 rings (SSSR count). The zero-order valence-corrected chi connectivity index (χ0v) is 11.3. The Kier molecular flexibility index (Phi) is 7.80. The molecule has 0 saturated heterocycles. The zero-order chi connectivity index (χ0) is 12.3. The summed E-state index contributed by atoms with van der Waals surface area (Å²) in [6.45, 7) is 2.14. The Morgan fingerprint density at radius 3 is 2.35 bits per heavy atom. The first kappa shape index (κ1) is 14.3. The summed E-state index contributed by atoms with van der Waals surface area (Å²) in [4.78, 5) is 11.7. The van der Waals surface area contributed by atoms with E-state index in [0.29, 0.717) is 11.7 Å². The van der Waals surface area contributed by atoms with E-state index in [4.69, 9.17) is 0 Å². The number of hydrogen-bond donors (Lipinski definition) is 0. The highest BCUT2D eigenvalue weighted by Crippen LogP contribution is 2.14. The van der Waals surface area contributed by atoms with Crippen LogP contribution in [0.2, 0.25) is 0 Å². The molecular weight excluding hydrogens is 208 g/mol. The van der Waals surface area contributed by atoms with Crippen LogP contribution in [0.5, 0.6) is 0 Å². The summed E-state index contributed by atoms with van der Waals surface area (Å²) in [5, 5.41) is 0. The fourth-order valence-corrected chi connectivity index (χ4v) is 2.32. The molecule has 0 aromatic heterocycles. The van der Waals surface area contributed by atoms with Crippen LogP contribution >= 0.6 is 0 Å². The van der Waals surface area contributed by atoms with Gasteiger partial charge in [0.1, 0.15) is 5.78 Å². The Morgan fingerprint density at radius 1 is 0.941 bits per heavy atom. The van der Waals surface area contributed by atoms with Crippen LogP contribution in [-0.2, 0) is 4.79 Å². The Bertz CT molecular complexity index is 269. The van der Waals surface area contributed by atoms with Gasteiger partial charge in [-0.25, -0.2) is 0 Å². The average molecular weight is 234 g/mol. The van der Waals surface area contributed by atoms with Crippen molar-refractivity contribution in [3.8, 4) is 11.8 Å². The molecule has 0 spiro atoms. The van der Waals surface area contributed by atoms with Crippen LogP contribution in [-0.4, -0.2) is 5.78 Å². The van der Waals surface area contributed by atoms with Crippen LogP contribution in [0.1, 0.15) is 77.6 Å². The summed E-state index contributed by atoms with van der Waals surface area (Å²) in [5.74, 6) is 7.35. The van der Waals surface area contributed by atoms with Crippen molar-refractivity contribution in [2.24, 2.45) is 5.92 Å². The van der Waals surface area contributed by atoms with Gasteiger partial charge in [0, 0.05) is 25.7 Å². The minimum Gasteiger partial charge on any atom is -0.300 e. The van der Waals surface area contributed by atoms with Crippen molar-refractivity contribution in [1.29, 1.82) is 0 Å². The van der Waals surface area contributed by atoms with Crippen LogP contribution in [0.3, 0.4) is 0 Å². The van der Waals surface area contributed by atoms with Crippen molar-refractivity contribution in [2.45, 2.75) is 77.6 Å². The van der Waals surface area contributed by atoms with Gasteiger partial charge >= 0.3 is 0 Å². The summed E-state index contributed by atoms with van der Waals surface area (Å²) in [5.41, 5.74) is 0. The summed E-state index contributed by atoms with van der Waals surface area (Å²) in [7, 11) is 0. The van der Waals surface area contributed by atoms with Crippen molar-refractivity contribution in [1.82, 2.24) is 0 Å². The van der Waals surface area contributed by atoms with Gasteiger partial charge < -0.3 is 0 Å². The molecule has 1 unspecified atom stereocenters. The number of rotatable bonds is 0. The summed E-state index contributed by atoms with van der Waals surface area (Å²) >= 11 is 0. The number of ketones is 1. The molecule has 0 aromatic carbocycles. The van der Waals surface area contributed by atoms with E-state index in [1.165, 1.54) is 38.5 Å². The lowest BCUT2D eigenvalue weighted by molar-refractivity contribution is -0.119. The monoisotopic (exact) mass is 234 g/mol. The first-order valence-electron chi connectivity index (χ1n) is 7.26. The third-order valence-electron chi connectivity index (χ3n) is 3.41. The molecule has 0 bridgehead atoms. The molecule has 1 heteroatoms. The lowest BCUT2D eigenvalue weighted by atomic mass is 9.98. The zero-order valence-electron chi connectivity index (χ0n) is 11.3. The first-order chi connectivity index (χ1) is 8.29. The second-order valence-electron chi connectivity index (χ2n) is 5.38. The normalized spacial score (nSPS) is 25.2. The Hall–Kier alpha value is -0.770. The molecule has 1 aliphatic carbocycles. The van der Waals surface area contributed by atoms with Gasteiger partial charge in [0.15, 0.2) is 0 Å². The number of Topliss-reactive ketones (excluding diaryl/α,β-unsaturated/α-hetero) is 1. The van der Waals surface area contributed by atoms with E-state index in [2.05, 4.69) is 18.8 Å². The maximum atomic E-state index is 11.7. The van der Waals surface area contributed by atoms with Gasteiger partial charge in [0.05, 0.1) is 0 Å². The average Bonchev–Trinajstić information content (AvgIpc) is 2.30. The third kappa shape index (κ3) is 8.02. The van der Waals surface area contributed by atoms with Gasteiger partial charge in [-0.15, -0.1) is 11.8 Å². The van der Waals surface area contributed by atoms with Crippen molar-refractivity contribution < 1.29 is 4.79 Å². The van der Waals surface area contributed by atoms with Crippen LogP contribution in [0.25, 0.3) is 0 Å². The van der Waals surface area contributed by atoms with Gasteiger partial charge in [-0.3, -0.25) is 4.79 Å². The van der Waals surface area contributed by atoms with E-state index >= 15 is 0 Å². The molecular formula is C16H26O. The highest BCUT2D eigenvalue weighted by atomic mass is 16.1. The second-order valence-corrected chi connectivity index (χ2v) is 5.38. The minimum absolute atomic E-state index is 0.439. The van der Waals surface area contributed by atoms with E-state index in [0.717, 1.165) is 32.1 Å². The van der Waals surface area contributed by atoms with Gasteiger partial charge in [-0.2, -0.15) is 0 Å². The SMILES string of the molecule is CC1CC#CCCCCCCCCCC(=O)C1. The molecule has 0 aliphatic heterocycles. The van der Waals surface area contributed by atoms with Crippen LogP contribution in [0.15, 0.2) is 0 Å². The highest BCUT2D eigenvalue weighted by Gasteiger charge is 2.07. The van der Waals surface area contributed by atoms with E-state index in [1.54, 1.807) is 0 Å². The summed E-state index contributed by atoms with van der Waals surface area (Å²) in [6, 6.07) is 0. The fraction of sp³-hybridized carbons (Fsp3) is 0.812. The highest BCUT2D eigenvalue weighted by molar-refractivity contribution is 5.78. The van der Waals surface area contributed by atoms with Gasteiger partial charge in [-0.05, 0) is 18.8 Å². The van der Waals surface area contributed by atoms with Gasteiger partial charge in [0.2, 0.25) is 0 Å². The molecule has 1 aliphatic rings. The Balaban J connectivity index is 2.34. The molecule has 1 atom stereocenters. The predicted molar refractivity (Wildman–Crippen MR) is 72.7 cm³/mol. The van der Waals surface area contributed by atoms with Crippen LogP contribution < -0.4 is 0 Å². The Labute approximate surface area is 106 Å². The Morgan fingerprint density at radius 2 is 1.59 bits per heavy atom. The minimum atomic E-state index is 0.439. The summed E-state index contributed by atoms with van der Waals surface area (Å²) < 4.78 is 0. The molecule has 0 N–H and O–H groups in total. The van der Waals surface area contributed by atoms with E-state index < -0.39 is 0 Å². The van der Waals surface area contributed by atoms with E-state index in [9.17, 15) is 4.79 Å². The molecule has 17 heavy (non-hydrogen) atoms. The van der Waals surface area contributed by atoms with Crippen molar-refractivity contribution in [3.63, 3.8) is 0 Å². The lowest BCUT2D eigenvalue weighted by Crippen LogP contribution is -2.04. The van der Waals surface area contributed by atoms with Gasteiger partial charge in [-0.1, -0.05) is 39.0 Å². The number of carbonyl (C=O) groups excluding carboxylic acids is 1. The van der Waals surface area contributed by atoms with Crippen LogP contribution in [0.4, 0.5) is 0 Å². The lowest BCUT2D eigenvalue weighted by Gasteiger charge is -2.06. The largest absolute Gasteiger partial charge is 0.300 e. The van der Waals surface area contributed by atoms with Crippen molar-refractivity contribution in [2.75, 3.05) is 0 Å². The van der Waals surface area contributed by atoms with E-state index in [-0.39, 0.29) is 0 Å². The first-order valence-corrected chi connectivity index (χ1v) is 7.26. The fourth-order valence-electron chi connectivity index (χ4n) is 2.32. The molecule has 96 valence electrons. The van der Waals surface area contributed by atoms with Crippen molar-refractivity contribution >= 4 is 5.78 Å². The van der Waals surface area contributed by atoms with Gasteiger partial charge in [0.25, 0.3) is 0 Å². The molecule has 0 amide bonds. The van der Waals surface area contributed by atoms with Crippen LogP contribution in [0, 0.1) is 17.8 Å². The quantitative estimate of drug-likeness (QED) is 0.564. The molecule has 0 saturated carbocycles.